The number of carboxylic acids is 1. The van der Waals surface area contributed by atoms with Crippen molar-refractivity contribution in [1.82, 2.24) is 5.32 Å². The van der Waals surface area contributed by atoms with Gasteiger partial charge in [0.05, 0.1) is 12.2 Å². The number of benzene rings is 1. The van der Waals surface area contributed by atoms with Gasteiger partial charge in [-0.05, 0) is 6.07 Å². The molecule has 0 saturated carbocycles. The molecule has 10 nitrogen and oxygen atoms in total. The summed E-state index contributed by atoms with van der Waals surface area (Å²) in [7, 11) is 0. The highest BCUT2D eigenvalue weighted by Gasteiger charge is 2.23. The van der Waals surface area contributed by atoms with Gasteiger partial charge in [0, 0.05) is 24.4 Å². The van der Waals surface area contributed by atoms with E-state index in [2.05, 4.69) is 5.32 Å². The summed E-state index contributed by atoms with van der Waals surface area (Å²) >= 11 is 0. The number of nitrogens with zero attached hydrogens (tertiary/aromatic N) is 1. The Morgan fingerprint density at radius 2 is 1.80 bits per heavy atom. The van der Waals surface area contributed by atoms with Gasteiger partial charge in [0.25, 0.3) is 0 Å². The van der Waals surface area contributed by atoms with E-state index in [1.165, 1.54) is 6.92 Å². The Kier molecular flexibility index (Phi) is 4.92. The number of fused-ring (bicyclic) bond motifs is 1. The normalized spacial score (nSPS) is 10.4. The second-order valence-electron chi connectivity index (χ2n) is 5.07. The molecule has 0 aliphatic rings. The highest BCUT2D eigenvalue weighted by Crippen LogP contribution is 2.34. The maximum Gasteiger partial charge on any atom is 0.338 e. The number of amides is 2. The van der Waals surface area contributed by atoms with Crippen LogP contribution in [0.25, 0.3) is 11.0 Å². The summed E-state index contributed by atoms with van der Waals surface area (Å²) in [5.74, 6) is -3.75. The zero-order valence-corrected chi connectivity index (χ0v) is 13.0. The van der Waals surface area contributed by atoms with Crippen LogP contribution in [0.2, 0.25) is 0 Å². The quantitative estimate of drug-likeness (QED) is 0.425. The zero-order chi connectivity index (χ0) is 18.7. The molecule has 0 aliphatic carbocycles. The van der Waals surface area contributed by atoms with Crippen molar-refractivity contribution < 1.29 is 34.1 Å². The van der Waals surface area contributed by atoms with E-state index in [-0.39, 0.29) is 16.7 Å². The van der Waals surface area contributed by atoms with Crippen molar-refractivity contribution in [3.05, 3.63) is 28.6 Å². The fourth-order valence-electron chi connectivity index (χ4n) is 2.13. The predicted octanol–water partition coefficient (Wildman–Crippen LogP) is -0.242. The summed E-state index contributed by atoms with van der Waals surface area (Å²) in [6.45, 7) is -0.102. The van der Waals surface area contributed by atoms with Crippen LogP contribution in [-0.2, 0) is 14.4 Å². The molecule has 0 bridgehead atoms. The molecule has 0 saturated heterocycles. The molecule has 0 aliphatic heterocycles. The van der Waals surface area contributed by atoms with Crippen molar-refractivity contribution in [3.63, 3.8) is 0 Å². The highest BCUT2D eigenvalue weighted by molar-refractivity contribution is 6.06. The van der Waals surface area contributed by atoms with Crippen LogP contribution in [0.3, 0.4) is 0 Å². The number of anilines is 1. The maximum atomic E-state index is 12.3. The lowest BCUT2D eigenvalue weighted by Gasteiger charge is -2.22. The van der Waals surface area contributed by atoms with Crippen molar-refractivity contribution in [3.8, 4) is 11.5 Å². The third-order valence-electron chi connectivity index (χ3n) is 3.19. The number of rotatable bonds is 5. The van der Waals surface area contributed by atoms with E-state index in [0.29, 0.717) is 0 Å². The van der Waals surface area contributed by atoms with E-state index in [4.69, 9.17) is 9.52 Å². The Balaban J connectivity index is 2.61. The van der Waals surface area contributed by atoms with Crippen LogP contribution in [-0.4, -0.2) is 46.2 Å². The molecular formula is C15H14N2O8. The maximum absolute atomic E-state index is 12.3. The Labute approximate surface area is 139 Å². The standard InChI is InChI=1S/C15H14N2O8/c1-7(18)16-5-13(21)17(6-14(22)23)9-3-15(24)25-12-4-11(20)10(19)2-8(9)12/h2-4,19-20H,5-6H2,1H3,(H,16,18)(H,22,23). The summed E-state index contributed by atoms with van der Waals surface area (Å²) < 4.78 is 4.89. The molecular weight excluding hydrogens is 336 g/mol. The molecule has 1 aromatic heterocycles. The lowest BCUT2D eigenvalue weighted by atomic mass is 10.1. The van der Waals surface area contributed by atoms with Crippen LogP contribution in [0.15, 0.2) is 27.4 Å². The molecule has 25 heavy (non-hydrogen) atoms. The summed E-state index contributed by atoms with van der Waals surface area (Å²) in [6, 6.07) is 2.88. The van der Waals surface area contributed by atoms with Gasteiger partial charge in [-0.2, -0.15) is 0 Å². The van der Waals surface area contributed by atoms with Crippen LogP contribution in [0, 0.1) is 0 Å². The Bertz CT molecular complexity index is 918. The minimum atomic E-state index is -1.36. The van der Waals surface area contributed by atoms with Crippen molar-refractivity contribution in [1.29, 1.82) is 0 Å². The first kappa shape index (κ1) is 17.8. The molecule has 1 aromatic carbocycles. The number of phenols is 2. The minimum absolute atomic E-state index is 0.0346. The van der Waals surface area contributed by atoms with Crippen molar-refractivity contribution >= 4 is 34.4 Å². The zero-order valence-electron chi connectivity index (χ0n) is 13.0. The van der Waals surface area contributed by atoms with Gasteiger partial charge in [0.1, 0.15) is 12.1 Å². The third-order valence-corrected chi connectivity index (χ3v) is 3.19. The number of carboxylic acid groups (broad SMARTS) is 1. The van der Waals surface area contributed by atoms with E-state index < -0.39 is 48.0 Å². The first-order valence-electron chi connectivity index (χ1n) is 6.95. The SMILES string of the molecule is CC(=O)NCC(=O)N(CC(=O)O)c1cc(=O)oc2cc(O)c(O)cc12. The lowest BCUT2D eigenvalue weighted by Crippen LogP contribution is -2.42. The number of aliphatic carboxylic acids is 1. The molecule has 132 valence electrons. The van der Waals surface area contributed by atoms with Gasteiger partial charge in [-0.1, -0.05) is 0 Å². The molecule has 0 radical (unpaired) electrons. The lowest BCUT2D eigenvalue weighted by molar-refractivity contribution is -0.136. The first-order valence-corrected chi connectivity index (χ1v) is 6.95. The molecule has 2 aromatic rings. The largest absolute Gasteiger partial charge is 0.504 e. The van der Waals surface area contributed by atoms with Crippen LogP contribution in [0.1, 0.15) is 6.92 Å². The monoisotopic (exact) mass is 350 g/mol. The fraction of sp³-hybridized carbons (Fsp3) is 0.200. The molecule has 0 fully saturated rings. The number of hydrogen-bond acceptors (Lipinski definition) is 7. The molecule has 2 amide bonds. The number of carbonyl (C=O) groups excluding carboxylic acids is 2. The molecule has 0 spiro atoms. The predicted molar refractivity (Wildman–Crippen MR) is 84.5 cm³/mol. The van der Waals surface area contributed by atoms with E-state index in [1.54, 1.807) is 0 Å². The molecule has 2 rings (SSSR count). The second kappa shape index (κ2) is 6.91. The van der Waals surface area contributed by atoms with E-state index in [1.807, 2.05) is 0 Å². The summed E-state index contributed by atoms with van der Waals surface area (Å²) in [4.78, 5) is 46.8. The average molecular weight is 350 g/mol. The Morgan fingerprint density at radius 3 is 2.40 bits per heavy atom. The minimum Gasteiger partial charge on any atom is -0.504 e. The molecule has 0 unspecified atom stereocenters. The van der Waals surface area contributed by atoms with Gasteiger partial charge in [-0.15, -0.1) is 0 Å². The number of hydrogen-bond donors (Lipinski definition) is 4. The van der Waals surface area contributed by atoms with Gasteiger partial charge in [-0.25, -0.2) is 4.79 Å². The summed E-state index contributed by atoms with van der Waals surface area (Å²) in [6.07, 6.45) is 0. The second-order valence-corrected chi connectivity index (χ2v) is 5.07. The van der Waals surface area contributed by atoms with Crippen LogP contribution < -0.4 is 15.8 Å². The van der Waals surface area contributed by atoms with Crippen molar-refractivity contribution in [2.45, 2.75) is 6.92 Å². The van der Waals surface area contributed by atoms with Crippen LogP contribution >= 0.6 is 0 Å². The van der Waals surface area contributed by atoms with E-state index >= 15 is 0 Å². The molecule has 10 heteroatoms. The summed E-state index contributed by atoms with van der Waals surface area (Å²) in [5, 5.41) is 30.5. The highest BCUT2D eigenvalue weighted by atomic mass is 16.4. The third kappa shape index (κ3) is 4.05. The van der Waals surface area contributed by atoms with Gasteiger partial charge in [0.15, 0.2) is 11.5 Å². The fourth-order valence-corrected chi connectivity index (χ4v) is 2.13. The van der Waals surface area contributed by atoms with Crippen molar-refractivity contribution in [2.75, 3.05) is 18.0 Å². The van der Waals surface area contributed by atoms with Gasteiger partial charge in [-0.3, -0.25) is 19.3 Å². The number of phenolic OH excluding ortho intramolecular Hbond substituents is 2. The number of nitrogens with one attached hydrogen (secondary N) is 1. The van der Waals surface area contributed by atoms with Gasteiger partial charge in [0.2, 0.25) is 11.8 Å². The smallest absolute Gasteiger partial charge is 0.338 e. The van der Waals surface area contributed by atoms with Gasteiger partial charge < -0.3 is 25.1 Å². The van der Waals surface area contributed by atoms with E-state index in [0.717, 1.165) is 23.1 Å². The molecule has 0 atom stereocenters. The molecule has 4 N–H and O–H groups in total. The van der Waals surface area contributed by atoms with Crippen LogP contribution in [0.4, 0.5) is 5.69 Å². The van der Waals surface area contributed by atoms with Crippen LogP contribution in [0.5, 0.6) is 11.5 Å². The molecule has 1 heterocycles. The number of aromatic hydroxyl groups is 2. The number of carbonyl (C=O) groups is 3. The Morgan fingerprint density at radius 1 is 1.16 bits per heavy atom. The first-order chi connectivity index (χ1) is 11.7. The Hall–Kier alpha value is -3.56. The van der Waals surface area contributed by atoms with Crippen molar-refractivity contribution in [2.24, 2.45) is 0 Å². The summed E-state index contributed by atoms with van der Waals surface area (Å²) in [5.41, 5.74) is -1.19. The average Bonchev–Trinajstić information content (AvgIpc) is 2.51. The van der Waals surface area contributed by atoms with Gasteiger partial charge >= 0.3 is 11.6 Å². The van der Waals surface area contributed by atoms with E-state index in [9.17, 15) is 29.4 Å². The topological polar surface area (TPSA) is 157 Å².